The Hall–Kier alpha value is -0.620. The van der Waals surface area contributed by atoms with Crippen LogP contribution in [0.25, 0.3) is 0 Å². The van der Waals surface area contributed by atoms with Crippen LogP contribution in [0.3, 0.4) is 0 Å². The van der Waals surface area contributed by atoms with Gasteiger partial charge in [0, 0.05) is 0 Å². The van der Waals surface area contributed by atoms with E-state index in [4.69, 9.17) is 9.47 Å². The maximum Gasteiger partial charge on any atom is 0.186 e. The highest BCUT2D eigenvalue weighted by Gasteiger charge is 2.72. The third kappa shape index (κ3) is 5.68. The first-order valence-corrected chi connectivity index (χ1v) is 17.4. The minimum Gasteiger partial charge on any atom is -0.394 e. The van der Waals surface area contributed by atoms with Gasteiger partial charge < -0.3 is 45.2 Å². The monoisotopic (exact) mass is 638 g/mol. The molecule has 0 aromatic rings. The maximum atomic E-state index is 12.1. The summed E-state index contributed by atoms with van der Waals surface area (Å²) in [5, 5.41) is 75.5. The number of hydrogen-bond acceptors (Lipinski definition) is 9. The Balaban J connectivity index is 1.52. The molecule has 0 spiro atoms. The Morgan fingerprint density at radius 3 is 2.22 bits per heavy atom. The van der Waals surface area contributed by atoms with Gasteiger partial charge in [-0.15, -0.1) is 0 Å². The van der Waals surface area contributed by atoms with Crippen molar-refractivity contribution in [3.63, 3.8) is 0 Å². The van der Waals surface area contributed by atoms with Gasteiger partial charge in [0.25, 0.3) is 0 Å². The zero-order valence-electron chi connectivity index (χ0n) is 28.8. The van der Waals surface area contributed by atoms with Crippen LogP contribution in [0.4, 0.5) is 0 Å². The minimum atomic E-state index is -1.53. The predicted molar refractivity (Wildman–Crippen MR) is 170 cm³/mol. The average Bonchev–Trinajstić information content (AvgIpc) is 3.32. The van der Waals surface area contributed by atoms with Crippen molar-refractivity contribution in [1.82, 2.24) is 0 Å². The quantitative estimate of drug-likeness (QED) is 0.164. The van der Waals surface area contributed by atoms with Crippen molar-refractivity contribution in [2.45, 2.75) is 161 Å². The van der Waals surface area contributed by atoms with Crippen LogP contribution in [-0.4, -0.2) is 97.0 Å². The highest BCUT2D eigenvalue weighted by atomic mass is 16.7. The molecule has 1 aliphatic heterocycles. The normalized spacial score (nSPS) is 51.8. The molecular formula is C36H62O9. The number of fused-ring (bicyclic) bond motifs is 5. The highest BCUT2D eigenvalue weighted by Crippen LogP contribution is 2.76. The van der Waals surface area contributed by atoms with E-state index in [1.54, 1.807) is 0 Å². The Bertz CT molecular complexity index is 1100. The standard InChI is InChI=1S/C36H62O9/c1-19(10-9-13-32(2,3)43)20-11-15-35(7)26(20)21(38)16-24-34(6)14-12-25(39)33(4,5)30(34)22(17-36(24,35)8)44-31-29(42)28(41)27(40)23(18-37)45-31/h10,20-31,37-43H,9,11-18H2,1-8H3/b19-10-/t20?,21?,22?,23-,24?,25?,26?,27-,28+,29-,30?,31-,34?,35?,36?/m1/s1. The lowest BCUT2D eigenvalue weighted by Crippen LogP contribution is -2.70. The van der Waals surface area contributed by atoms with Gasteiger partial charge in [-0.05, 0) is 117 Å². The number of hydrogen-bond donors (Lipinski definition) is 7. The molecule has 0 bridgehead atoms. The van der Waals surface area contributed by atoms with Crippen LogP contribution >= 0.6 is 0 Å². The summed E-state index contributed by atoms with van der Waals surface area (Å²) in [6, 6.07) is 0. The largest absolute Gasteiger partial charge is 0.394 e. The number of aliphatic hydroxyl groups excluding tert-OH is 6. The van der Waals surface area contributed by atoms with E-state index in [1.165, 1.54) is 5.57 Å². The molecule has 15 atom stereocenters. The molecule has 260 valence electrons. The summed E-state index contributed by atoms with van der Waals surface area (Å²) >= 11 is 0. The predicted octanol–water partition coefficient (Wildman–Crippen LogP) is 3.30. The van der Waals surface area contributed by atoms with Crippen LogP contribution in [0, 0.1) is 45.3 Å². The summed E-state index contributed by atoms with van der Waals surface area (Å²) in [5.74, 6) is 0.343. The van der Waals surface area contributed by atoms with Gasteiger partial charge in [-0.25, -0.2) is 0 Å². The second kappa shape index (κ2) is 12.1. The Labute approximate surface area is 270 Å². The minimum absolute atomic E-state index is 0.0624. The lowest BCUT2D eigenvalue weighted by Gasteiger charge is -2.72. The van der Waals surface area contributed by atoms with Crippen molar-refractivity contribution in [1.29, 1.82) is 0 Å². The summed E-state index contributed by atoms with van der Waals surface area (Å²) in [5.41, 5.74) is -0.729. The highest BCUT2D eigenvalue weighted by molar-refractivity contribution is 5.24. The fourth-order valence-corrected chi connectivity index (χ4v) is 11.7. The molecule has 0 radical (unpaired) electrons. The van der Waals surface area contributed by atoms with E-state index in [0.717, 1.165) is 25.7 Å². The zero-order chi connectivity index (χ0) is 33.5. The van der Waals surface area contributed by atoms with Crippen LogP contribution in [0.1, 0.15) is 107 Å². The summed E-state index contributed by atoms with van der Waals surface area (Å²) < 4.78 is 12.6. The van der Waals surface area contributed by atoms with Crippen LogP contribution < -0.4 is 0 Å². The van der Waals surface area contributed by atoms with Crippen molar-refractivity contribution >= 4 is 0 Å². The van der Waals surface area contributed by atoms with Crippen LogP contribution in [-0.2, 0) is 9.47 Å². The number of aliphatic hydroxyl groups is 7. The molecule has 10 unspecified atom stereocenters. The van der Waals surface area contributed by atoms with Crippen molar-refractivity contribution in [2.24, 2.45) is 45.3 Å². The fourth-order valence-electron chi connectivity index (χ4n) is 11.7. The van der Waals surface area contributed by atoms with E-state index in [9.17, 15) is 35.7 Å². The molecule has 7 N–H and O–H groups in total. The van der Waals surface area contributed by atoms with Crippen LogP contribution in [0.5, 0.6) is 0 Å². The maximum absolute atomic E-state index is 12.1. The van der Waals surface area contributed by atoms with Gasteiger partial charge in [0.2, 0.25) is 0 Å². The molecule has 0 amide bonds. The molecule has 4 aliphatic carbocycles. The molecule has 5 aliphatic rings. The van der Waals surface area contributed by atoms with Crippen molar-refractivity contribution < 1.29 is 45.2 Å². The summed E-state index contributed by atoms with van der Waals surface area (Å²) in [6.45, 7) is 16.5. The second-order valence-corrected chi connectivity index (χ2v) is 17.6. The third-order valence-corrected chi connectivity index (χ3v) is 14.2. The first-order valence-electron chi connectivity index (χ1n) is 17.4. The molecule has 5 rings (SSSR count). The first-order chi connectivity index (χ1) is 20.7. The average molecular weight is 639 g/mol. The van der Waals surface area contributed by atoms with Gasteiger partial charge in [0.15, 0.2) is 6.29 Å². The van der Waals surface area contributed by atoms with Gasteiger partial charge in [-0.3, -0.25) is 0 Å². The lowest BCUT2D eigenvalue weighted by molar-refractivity contribution is -0.346. The zero-order valence-corrected chi connectivity index (χ0v) is 28.8. The van der Waals surface area contributed by atoms with Gasteiger partial charge in [0.1, 0.15) is 24.4 Å². The van der Waals surface area contributed by atoms with E-state index < -0.39 is 66.6 Å². The Kier molecular flexibility index (Phi) is 9.56. The van der Waals surface area contributed by atoms with E-state index >= 15 is 0 Å². The summed E-state index contributed by atoms with van der Waals surface area (Å²) in [4.78, 5) is 0. The third-order valence-electron chi connectivity index (χ3n) is 14.2. The van der Waals surface area contributed by atoms with E-state index in [1.807, 2.05) is 13.8 Å². The number of rotatable bonds is 7. The van der Waals surface area contributed by atoms with Crippen molar-refractivity contribution in [3.8, 4) is 0 Å². The van der Waals surface area contributed by atoms with Crippen molar-refractivity contribution in [3.05, 3.63) is 11.6 Å². The Morgan fingerprint density at radius 2 is 1.60 bits per heavy atom. The van der Waals surface area contributed by atoms with Crippen LogP contribution in [0.15, 0.2) is 11.6 Å². The molecule has 5 fully saturated rings. The molecule has 1 saturated heterocycles. The van der Waals surface area contributed by atoms with Gasteiger partial charge in [0.05, 0.1) is 30.5 Å². The van der Waals surface area contributed by atoms with Gasteiger partial charge >= 0.3 is 0 Å². The number of ether oxygens (including phenoxy) is 2. The lowest BCUT2D eigenvalue weighted by atomic mass is 9.34. The molecule has 4 saturated carbocycles. The van der Waals surface area contributed by atoms with E-state index in [-0.39, 0.29) is 39.9 Å². The molecule has 1 heterocycles. The molecule has 0 aromatic heterocycles. The fraction of sp³-hybridized carbons (Fsp3) is 0.944. The second-order valence-electron chi connectivity index (χ2n) is 17.6. The van der Waals surface area contributed by atoms with E-state index in [0.29, 0.717) is 25.7 Å². The molecule has 45 heavy (non-hydrogen) atoms. The van der Waals surface area contributed by atoms with Gasteiger partial charge in [-0.1, -0.05) is 46.3 Å². The Morgan fingerprint density at radius 1 is 0.933 bits per heavy atom. The SMILES string of the molecule is C/C(=C/CCC(C)(C)O)C1CCC2(C)C1C(O)CC1C3(C)CCC(O)C(C)(C)C3C(O[C@@H]3O[C@H](CO)[C@@H](O)[C@H](O)[C@H]3O)CC12C. The molecule has 9 heteroatoms. The first kappa shape index (κ1) is 35.7. The van der Waals surface area contributed by atoms with E-state index in [2.05, 4.69) is 47.6 Å². The summed E-state index contributed by atoms with van der Waals surface area (Å²) in [6.07, 6.45) is 0.140. The van der Waals surface area contributed by atoms with Crippen molar-refractivity contribution in [2.75, 3.05) is 6.61 Å². The number of allylic oxidation sites excluding steroid dienone is 2. The summed E-state index contributed by atoms with van der Waals surface area (Å²) in [7, 11) is 0. The smallest absolute Gasteiger partial charge is 0.186 e. The van der Waals surface area contributed by atoms with Crippen LogP contribution in [0.2, 0.25) is 0 Å². The molecular weight excluding hydrogens is 576 g/mol. The molecule has 9 nitrogen and oxygen atoms in total. The van der Waals surface area contributed by atoms with Gasteiger partial charge in [-0.2, -0.15) is 0 Å². The topological polar surface area (TPSA) is 160 Å². The molecule has 0 aromatic carbocycles.